The van der Waals surface area contributed by atoms with E-state index in [9.17, 15) is 0 Å². The summed E-state index contributed by atoms with van der Waals surface area (Å²) < 4.78 is 16.9. The molecule has 3 nitrogen and oxygen atoms in total. The van der Waals surface area contributed by atoms with Crippen LogP contribution in [-0.4, -0.2) is 45.5 Å². The van der Waals surface area contributed by atoms with Crippen molar-refractivity contribution in [3.63, 3.8) is 0 Å². The lowest BCUT2D eigenvalue weighted by Crippen LogP contribution is -2.11. The Kier molecular flexibility index (Phi) is 10.6. The predicted octanol–water partition coefficient (Wildman–Crippen LogP) is 4.00. The highest BCUT2D eigenvalue weighted by Crippen LogP contribution is 2.23. The molecule has 0 radical (unpaired) electrons. The van der Waals surface area contributed by atoms with Crippen LogP contribution in [0.1, 0.15) is 17.9 Å². The van der Waals surface area contributed by atoms with Gasteiger partial charge in [0.2, 0.25) is 0 Å². The lowest BCUT2D eigenvalue weighted by atomic mass is 9.98. The average Bonchev–Trinajstić information content (AvgIpc) is 2.47. The largest absolute Gasteiger partial charge is 0.382 e. The number of alkyl halides is 1. The maximum Gasteiger partial charge on any atom is 0.0701 e. The van der Waals surface area contributed by atoms with Gasteiger partial charge >= 0.3 is 0 Å². The molecule has 0 fully saturated rings. The molecule has 0 spiro atoms. The molecule has 1 unspecified atom stereocenters. The van der Waals surface area contributed by atoms with Crippen molar-refractivity contribution in [2.45, 2.75) is 12.3 Å². The van der Waals surface area contributed by atoms with Gasteiger partial charge in [-0.15, -0.1) is 0 Å². The molecular formula is C15H22Br2O3. The first-order valence-electron chi connectivity index (χ1n) is 6.73. The predicted molar refractivity (Wildman–Crippen MR) is 88.8 cm³/mol. The van der Waals surface area contributed by atoms with Crippen LogP contribution in [0.15, 0.2) is 28.7 Å². The van der Waals surface area contributed by atoms with Crippen LogP contribution in [-0.2, 0) is 14.2 Å². The SMILES string of the molecule is COCCOCCOCCC(CBr)c1ccc(Br)cc1. The smallest absolute Gasteiger partial charge is 0.0701 e. The van der Waals surface area contributed by atoms with Gasteiger partial charge in [0, 0.05) is 23.5 Å². The Hall–Kier alpha value is 0.0600. The molecule has 0 saturated heterocycles. The molecule has 0 aliphatic heterocycles. The van der Waals surface area contributed by atoms with Crippen LogP contribution in [0.4, 0.5) is 0 Å². The number of hydrogen-bond donors (Lipinski definition) is 0. The van der Waals surface area contributed by atoms with Gasteiger partial charge < -0.3 is 14.2 Å². The molecule has 0 amide bonds. The van der Waals surface area contributed by atoms with Crippen LogP contribution in [0.25, 0.3) is 0 Å². The molecule has 1 aromatic carbocycles. The maximum atomic E-state index is 5.60. The van der Waals surface area contributed by atoms with E-state index in [4.69, 9.17) is 14.2 Å². The van der Waals surface area contributed by atoms with Crippen molar-refractivity contribution < 1.29 is 14.2 Å². The molecule has 0 heterocycles. The third-order valence-corrected chi connectivity index (χ3v) is 4.25. The Morgan fingerprint density at radius 2 is 1.55 bits per heavy atom. The van der Waals surface area contributed by atoms with Crippen LogP contribution in [0.2, 0.25) is 0 Å². The molecule has 0 aromatic heterocycles. The average molecular weight is 410 g/mol. The molecule has 114 valence electrons. The minimum absolute atomic E-state index is 0.484. The van der Waals surface area contributed by atoms with Crippen LogP contribution < -0.4 is 0 Å². The van der Waals surface area contributed by atoms with Gasteiger partial charge in [0.05, 0.1) is 26.4 Å². The van der Waals surface area contributed by atoms with Crippen molar-refractivity contribution >= 4 is 31.9 Å². The lowest BCUT2D eigenvalue weighted by molar-refractivity contribution is 0.0236. The second-order valence-corrected chi connectivity index (χ2v) is 5.97. The molecule has 5 heteroatoms. The van der Waals surface area contributed by atoms with Crippen molar-refractivity contribution in [2.24, 2.45) is 0 Å². The van der Waals surface area contributed by atoms with E-state index in [-0.39, 0.29) is 0 Å². The summed E-state index contributed by atoms with van der Waals surface area (Å²) in [5.74, 6) is 0.484. The van der Waals surface area contributed by atoms with Crippen molar-refractivity contribution in [3.05, 3.63) is 34.3 Å². The first-order valence-corrected chi connectivity index (χ1v) is 8.65. The van der Waals surface area contributed by atoms with E-state index in [1.807, 2.05) is 0 Å². The minimum Gasteiger partial charge on any atom is -0.382 e. The molecule has 0 aliphatic carbocycles. The van der Waals surface area contributed by atoms with Crippen molar-refractivity contribution in [1.82, 2.24) is 0 Å². The Morgan fingerprint density at radius 3 is 2.15 bits per heavy atom. The summed E-state index contributed by atoms with van der Waals surface area (Å²) in [5, 5.41) is 0.947. The first kappa shape index (κ1) is 18.1. The van der Waals surface area contributed by atoms with E-state index in [1.165, 1.54) is 5.56 Å². The number of hydrogen-bond acceptors (Lipinski definition) is 3. The summed E-state index contributed by atoms with van der Waals surface area (Å²) in [5.41, 5.74) is 1.34. The third kappa shape index (κ3) is 7.74. The molecule has 1 atom stereocenters. The fraction of sp³-hybridized carbons (Fsp3) is 0.600. The molecule has 0 saturated carbocycles. The van der Waals surface area contributed by atoms with E-state index in [1.54, 1.807) is 7.11 Å². The van der Waals surface area contributed by atoms with Gasteiger partial charge in [-0.05, 0) is 30.0 Å². The second kappa shape index (κ2) is 11.7. The topological polar surface area (TPSA) is 27.7 Å². The highest BCUT2D eigenvalue weighted by Gasteiger charge is 2.09. The molecule has 0 N–H and O–H groups in total. The molecule has 0 aliphatic rings. The summed E-state index contributed by atoms with van der Waals surface area (Å²) in [7, 11) is 1.67. The number of rotatable bonds is 11. The van der Waals surface area contributed by atoms with Gasteiger partial charge in [0.1, 0.15) is 0 Å². The fourth-order valence-electron chi connectivity index (χ4n) is 1.76. The highest BCUT2D eigenvalue weighted by molar-refractivity contribution is 9.10. The van der Waals surface area contributed by atoms with E-state index in [2.05, 4.69) is 56.1 Å². The Balaban J connectivity index is 2.14. The molecule has 0 bridgehead atoms. The zero-order valence-corrected chi connectivity index (χ0v) is 15.0. The first-order chi connectivity index (χ1) is 9.77. The fourth-order valence-corrected chi connectivity index (χ4v) is 2.72. The van der Waals surface area contributed by atoms with Gasteiger partial charge in [-0.1, -0.05) is 44.0 Å². The molecule has 1 aromatic rings. The number of halogens is 2. The van der Waals surface area contributed by atoms with E-state index >= 15 is 0 Å². The zero-order valence-electron chi connectivity index (χ0n) is 11.8. The summed E-state index contributed by atoms with van der Waals surface area (Å²) >= 11 is 7.03. The number of benzene rings is 1. The summed E-state index contributed by atoms with van der Waals surface area (Å²) in [6, 6.07) is 8.47. The normalized spacial score (nSPS) is 12.6. The van der Waals surface area contributed by atoms with E-state index < -0.39 is 0 Å². The maximum absolute atomic E-state index is 5.60. The molecule has 1 rings (SSSR count). The van der Waals surface area contributed by atoms with Gasteiger partial charge in [0.25, 0.3) is 0 Å². The summed E-state index contributed by atoms with van der Waals surface area (Å²) in [4.78, 5) is 0. The van der Waals surface area contributed by atoms with Crippen LogP contribution >= 0.6 is 31.9 Å². The summed E-state index contributed by atoms with van der Waals surface area (Å²) in [6.45, 7) is 3.28. The number of ether oxygens (including phenoxy) is 3. The third-order valence-electron chi connectivity index (χ3n) is 2.94. The summed E-state index contributed by atoms with van der Waals surface area (Å²) in [6.07, 6.45) is 1.00. The Bertz CT molecular complexity index is 343. The molecular weight excluding hydrogens is 388 g/mol. The van der Waals surface area contributed by atoms with Gasteiger partial charge in [-0.3, -0.25) is 0 Å². The monoisotopic (exact) mass is 408 g/mol. The van der Waals surface area contributed by atoms with Crippen molar-refractivity contribution in [1.29, 1.82) is 0 Å². The highest BCUT2D eigenvalue weighted by atomic mass is 79.9. The number of methoxy groups -OCH3 is 1. The van der Waals surface area contributed by atoms with Crippen LogP contribution in [0, 0.1) is 0 Å². The standard InChI is InChI=1S/C15H22Br2O3/c1-18-8-9-20-11-10-19-7-6-14(12-16)13-2-4-15(17)5-3-13/h2-5,14H,6-12H2,1H3. The lowest BCUT2D eigenvalue weighted by Gasteiger charge is -2.15. The quantitative estimate of drug-likeness (QED) is 0.408. The Labute approximate surface area is 138 Å². The van der Waals surface area contributed by atoms with Gasteiger partial charge in [0.15, 0.2) is 0 Å². The second-order valence-electron chi connectivity index (χ2n) is 4.41. The zero-order chi connectivity index (χ0) is 14.6. The molecule has 20 heavy (non-hydrogen) atoms. The van der Waals surface area contributed by atoms with Crippen LogP contribution in [0.3, 0.4) is 0 Å². The van der Waals surface area contributed by atoms with Crippen molar-refractivity contribution in [3.8, 4) is 0 Å². The van der Waals surface area contributed by atoms with Crippen molar-refractivity contribution in [2.75, 3.05) is 45.5 Å². The van der Waals surface area contributed by atoms with E-state index in [0.717, 1.165) is 22.8 Å². The van der Waals surface area contributed by atoms with Gasteiger partial charge in [-0.2, -0.15) is 0 Å². The van der Waals surface area contributed by atoms with Crippen LogP contribution in [0.5, 0.6) is 0 Å². The van der Waals surface area contributed by atoms with E-state index in [0.29, 0.717) is 32.3 Å². The minimum atomic E-state index is 0.484. The Morgan fingerprint density at radius 1 is 0.950 bits per heavy atom. The van der Waals surface area contributed by atoms with Gasteiger partial charge in [-0.25, -0.2) is 0 Å².